The van der Waals surface area contributed by atoms with E-state index < -0.39 is 4.75 Å². The van der Waals surface area contributed by atoms with Gasteiger partial charge in [0.05, 0.1) is 18.4 Å². The van der Waals surface area contributed by atoms with Gasteiger partial charge >= 0.3 is 0 Å². The Morgan fingerprint density at radius 2 is 1.88 bits per heavy atom. The second-order valence-corrected chi connectivity index (χ2v) is 9.98. The largest absolute Gasteiger partial charge is 0.494 e. The molecule has 1 unspecified atom stereocenters. The number of ether oxygens (including phenoxy) is 1. The molecule has 2 aromatic rings. The van der Waals surface area contributed by atoms with Crippen molar-refractivity contribution in [3.63, 3.8) is 0 Å². The van der Waals surface area contributed by atoms with Crippen LogP contribution in [0.5, 0.6) is 5.75 Å². The standard InChI is InChI=1S/C26H31N3O2S/c1-28(21-9-4-3-5-10-21)17-8-18-31-22-15-13-20(14-16-22)26(19-27)25(30)29(2)23-11-6-7-12-24(23)32-26/h6-7,11-16,21H,3-5,8-10,17-18H2,1-2H3. The van der Waals surface area contributed by atoms with E-state index in [0.29, 0.717) is 12.2 Å². The summed E-state index contributed by atoms with van der Waals surface area (Å²) in [5.74, 6) is 0.548. The van der Waals surface area contributed by atoms with Crippen LogP contribution in [0.2, 0.25) is 0 Å². The van der Waals surface area contributed by atoms with Gasteiger partial charge in [-0.05, 0) is 56.1 Å². The molecule has 1 atom stereocenters. The molecule has 1 aliphatic heterocycles. The number of thioether (sulfide) groups is 1. The second-order valence-electron chi connectivity index (χ2n) is 8.73. The van der Waals surface area contributed by atoms with Crippen molar-refractivity contribution in [1.82, 2.24) is 4.90 Å². The van der Waals surface area contributed by atoms with Gasteiger partial charge in [0.2, 0.25) is 4.75 Å². The lowest BCUT2D eigenvalue weighted by atomic mass is 9.94. The Labute approximate surface area is 195 Å². The molecular formula is C26H31N3O2S. The molecule has 5 nitrogen and oxygen atoms in total. The summed E-state index contributed by atoms with van der Waals surface area (Å²) in [6.07, 6.45) is 7.69. The number of nitriles is 1. The first kappa shape index (κ1) is 22.7. The van der Waals surface area contributed by atoms with Crippen LogP contribution < -0.4 is 9.64 Å². The number of anilines is 1. The van der Waals surface area contributed by atoms with E-state index in [1.165, 1.54) is 43.9 Å². The Kier molecular flexibility index (Phi) is 7.07. The molecule has 1 heterocycles. The predicted octanol–water partition coefficient (Wildman–Crippen LogP) is 5.21. The first-order valence-electron chi connectivity index (χ1n) is 11.5. The zero-order valence-corrected chi connectivity index (χ0v) is 19.7. The van der Waals surface area contributed by atoms with E-state index in [4.69, 9.17) is 4.74 Å². The molecule has 0 saturated heterocycles. The minimum atomic E-state index is -1.29. The summed E-state index contributed by atoms with van der Waals surface area (Å²) in [5, 5.41) is 10.1. The summed E-state index contributed by atoms with van der Waals surface area (Å²) in [5.41, 5.74) is 1.52. The number of hydrogen-bond acceptors (Lipinski definition) is 5. The number of benzene rings is 2. The number of hydrogen-bond donors (Lipinski definition) is 0. The van der Waals surface area contributed by atoms with Crippen LogP contribution in [-0.4, -0.2) is 44.1 Å². The van der Waals surface area contributed by atoms with Crippen LogP contribution in [0, 0.1) is 11.3 Å². The lowest BCUT2D eigenvalue weighted by Gasteiger charge is -2.36. The van der Waals surface area contributed by atoms with Gasteiger partial charge in [0.25, 0.3) is 5.91 Å². The van der Waals surface area contributed by atoms with Crippen molar-refractivity contribution in [2.75, 3.05) is 32.1 Å². The SMILES string of the molecule is CN1C(=O)C(C#N)(c2ccc(OCCCN(C)C3CCCCC3)cc2)Sc2ccccc21. The van der Waals surface area contributed by atoms with E-state index in [1.807, 2.05) is 48.5 Å². The van der Waals surface area contributed by atoms with E-state index in [1.54, 1.807) is 11.9 Å². The molecule has 1 saturated carbocycles. The lowest BCUT2D eigenvalue weighted by Crippen LogP contribution is -2.45. The topological polar surface area (TPSA) is 56.6 Å². The summed E-state index contributed by atoms with van der Waals surface area (Å²) in [6.45, 7) is 1.70. The summed E-state index contributed by atoms with van der Waals surface area (Å²) < 4.78 is 4.66. The zero-order valence-electron chi connectivity index (χ0n) is 18.9. The van der Waals surface area contributed by atoms with Crippen molar-refractivity contribution in [2.45, 2.75) is 54.2 Å². The highest BCUT2D eigenvalue weighted by Gasteiger charge is 2.48. The maximum Gasteiger partial charge on any atom is 0.262 e. The van der Waals surface area contributed by atoms with Gasteiger partial charge in [0.15, 0.2) is 0 Å². The molecule has 0 aromatic heterocycles. The van der Waals surface area contributed by atoms with Crippen molar-refractivity contribution in [2.24, 2.45) is 0 Å². The molecule has 0 bridgehead atoms. The Hall–Kier alpha value is -2.49. The van der Waals surface area contributed by atoms with Gasteiger partial charge in [0.1, 0.15) is 5.75 Å². The van der Waals surface area contributed by atoms with E-state index >= 15 is 0 Å². The first-order valence-corrected chi connectivity index (χ1v) is 12.3. The lowest BCUT2D eigenvalue weighted by molar-refractivity contribution is -0.119. The molecule has 0 N–H and O–H groups in total. The number of likely N-dealkylation sites (N-methyl/N-ethyl adjacent to an activating group) is 1. The maximum absolute atomic E-state index is 13.2. The van der Waals surface area contributed by atoms with Crippen molar-refractivity contribution >= 4 is 23.4 Å². The summed E-state index contributed by atoms with van der Waals surface area (Å²) >= 11 is 1.31. The van der Waals surface area contributed by atoms with Gasteiger partial charge in [-0.3, -0.25) is 4.79 Å². The normalized spacial score (nSPS) is 21.3. The predicted molar refractivity (Wildman–Crippen MR) is 129 cm³/mol. The molecule has 1 aliphatic carbocycles. The Balaban J connectivity index is 1.37. The third-order valence-electron chi connectivity index (χ3n) is 6.64. The Morgan fingerprint density at radius 3 is 2.59 bits per heavy atom. The van der Waals surface area contributed by atoms with Crippen LogP contribution in [0.15, 0.2) is 53.4 Å². The average Bonchev–Trinajstić information content (AvgIpc) is 2.85. The fraction of sp³-hybridized carbons (Fsp3) is 0.462. The van der Waals surface area contributed by atoms with Gasteiger partial charge < -0.3 is 14.5 Å². The van der Waals surface area contributed by atoms with Crippen LogP contribution in [0.1, 0.15) is 44.1 Å². The van der Waals surface area contributed by atoms with Gasteiger partial charge in [0, 0.05) is 24.5 Å². The number of carbonyl (C=O) groups is 1. The highest BCUT2D eigenvalue weighted by molar-refractivity contribution is 8.01. The monoisotopic (exact) mass is 449 g/mol. The van der Waals surface area contributed by atoms with E-state index in [0.717, 1.165) is 35.3 Å². The molecular weight excluding hydrogens is 418 g/mol. The molecule has 0 radical (unpaired) electrons. The number of amides is 1. The van der Waals surface area contributed by atoms with Crippen molar-refractivity contribution < 1.29 is 9.53 Å². The van der Waals surface area contributed by atoms with Crippen molar-refractivity contribution in [3.8, 4) is 11.8 Å². The molecule has 4 rings (SSSR count). The molecule has 1 amide bonds. The fourth-order valence-electron chi connectivity index (χ4n) is 4.69. The molecule has 32 heavy (non-hydrogen) atoms. The van der Waals surface area contributed by atoms with Crippen molar-refractivity contribution in [3.05, 3.63) is 54.1 Å². The third-order valence-corrected chi connectivity index (χ3v) is 8.01. The number of nitrogens with zero attached hydrogens (tertiary/aromatic N) is 3. The number of rotatable bonds is 7. The van der Waals surface area contributed by atoms with E-state index in [2.05, 4.69) is 18.0 Å². The summed E-state index contributed by atoms with van der Waals surface area (Å²) in [6, 6.07) is 18.1. The quantitative estimate of drug-likeness (QED) is 0.543. The average molecular weight is 450 g/mol. The van der Waals surface area contributed by atoms with Crippen LogP contribution in [-0.2, 0) is 9.54 Å². The Bertz CT molecular complexity index is 981. The minimum Gasteiger partial charge on any atom is -0.494 e. The van der Waals surface area contributed by atoms with Gasteiger partial charge in [-0.15, -0.1) is 0 Å². The highest BCUT2D eigenvalue weighted by atomic mass is 32.2. The molecule has 2 aromatic carbocycles. The van der Waals surface area contributed by atoms with E-state index in [9.17, 15) is 10.1 Å². The van der Waals surface area contributed by atoms with E-state index in [-0.39, 0.29) is 5.91 Å². The summed E-state index contributed by atoms with van der Waals surface area (Å²) in [7, 11) is 3.95. The minimum absolute atomic E-state index is 0.219. The Morgan fingerprint density at radius 1 is 1.16 bits per heavy atom. The molecule has 6 heteroatoms. The highest BCUT2D eigenvalue weighted by Crippen LogP contribution is 2.50. The van der Waals surface area contributed by atoms with Gasteiger partial charge in [-0.1, -0.05) is 55.3 Å². The number of carbonyl (C=O) groups excluding carboxylic acids is 1. The molecule has 168 valence electrons. The second kappa shape index (κ2) is 9.97. The maximum atomic E-state index is 13.2. The summed E-state index contributed by atoms with van der Waals surface area (Å²) in [4.78, 5) is 18.2. The zero-order chi connectivity index (χ0) is 22.6. The van der Waals surface area contributed by atoms with Crippen LogP contribution >= 0.6 is 11.8 Å². The van der Waals surface area contributed by atoms with Crippen molar-refractivity contribution in [1.29, 1.82) is 5.26 Å². The van der Waals surface area contributed by atoms with Crippen LogP contribution in [0.3, 0.4) is 0 Å². The van der Waals surface area contributed by atoms with Crippen LogP contribution in [0.4, 0.5) is 5.69 Å². The molecule has 0 spiro atoms. The molecule has 1 fully saturated rings. The van der Waals surface area contributed by atoms with Gasteiger partial charge in [-0.2, -0.15) is 5.26 Å². The first-order chi connectivity index (χ1) is 15.5. The smallest absolute Gasteiger partial charge is 0.262 e. The number of fused-ring (bicyclic) bond motifs is 1. The molecule has 2 aliphatic rings. The number of para-hydroxylation sites is 1. The fourth-order valence-corrected chi connectivity index (χ4v) is 6.00. The van der Waals surface area contributed by atoms with Crippen LogP contribution in [0.25, 0.3) is 0 Å². The third kappa shape index (κ3) is 4.51. The van der Waals surface area contributed by atoms with Gasteiger partial charge in [-0.25, -0.2) is 0 Å².